The zero-order chi connectivity index (χ0) is 22.5. The van der Waals surface area contributed by atoms with Gasteiger partial charge >= 0.3 is 5.97 Å². The Kier molecular flexibility index (Phi) is 7.41. The maximum absolute atomic E-state index is 11.7. The van der Waals surface area contributed by atoms with Crippen LogP contribution in [-0.2, 0) is 9.59 Å². The molecule has 0 saturated heterocycles. The maximum Gasteiger partial charge on any atom is 0.312 e. The number of amides is 1. The number of carboxylic acids is 1. The number of nitrogens with one attached hydrogen (secondary N) is 1. The van der Waals surface area contributed by atoms with Crippen molar-refractivity contribution in [2.24, 2.45) is 5.92 Å². The molecule has 1 amide bonds. The summed E-state index contributed by atoms with van der Waals surface area (Å²) in [5.41, 5.74) is 1.40. The molecule has 2 aromatic rings. The van der Waals surface area contributed by atoms with Crippen molar-refractivity contribution in [3.63, 3.8) is 0 Å². The topological polar surface area (TPSA) is 116 Å². The summed E-state index contributed by atoms with van der Waals surface area (Å²) in [7, 11) is 0. The Bertz CT molecular complexity index is 948. The van der Waals surface area contributed by atoms with Gasteiger partial charge in [-0.3, -0.25) is 9.59 Å². The second kappa shape index (κ2) is 10.0. The standard InChI is InChI=1S/C23H26ClNO6/c1-13-8-15(25-21(28)12-22(29)30)10-18(24)23(13)31-16-6-7-19(26)17(11-16)20(27)9-14-4-2-3-5-14/h6-8,10-11,14,20,26-27H,2-5,9,12H2,1H3,(H,25,28)(H,29,30). The molecule has 8 heteroatoms. The first-order valence-electron chi connectivity index (χ1n) is 10.2. The van der Waals surface area contributed by atoms with Crippen LogP contribution in [0.5, 0.6) is 17.2 Å². The molecule has 1 aliphatic carbocycles. The molecule has 3 rings (SSSR count). The van der Waals surface area contributed by atoms with Crippen molar-refractivity contribution in [1.29, 1.82) is 0 Å². The molecule has 0 aliphatic heterocycles. The second-order valence-corrected chi connectivity index (χ2v) is 8.35. The minimum atomic E-state index is -1.22. The van der Waals surface area contributed by atoms with Crippen LogP contribution >= 0.6 is 11.6 Å². The number of hydrogen-bond donors (Lipinski definition) is 4. The molecule has 1 unspecified atom stereocenters. The second-order valence-electron chi connectivity index (χ2n) is 7.95. The Hall–Kier alpha value is -2.77. The lowest BCUT2D eigenvalue weighted by Gasteiger charge is -2.18. The highest BCUT2D eigenvalue weighted by molar-refractivity contribution is 6.32. The molecule has 4 N–H and O–H groups in total. The number of benzene rings is 2. The molecule has 1 saturated carbocycles. The van der Waals surface area contributed by atoms with Gasteiger partial charge in [0.2, 0.25) is 5.91 Å². The van der Waals surface area contributed by atoms with Gasteiger partial charge in [-0.25, -0.2) is 0 Å². The number of halogens is 1. The maximum atomic E-state index is 11.7. The molecule has 0 bridgehead atoms. The van der Waals surface area contributed by atoms with Crippen molar-refractivity contribution < 1.29 is 29.6 Å². The number of anilines is 1. The van der Waals surface area contributed by atoms with Gasteiger partial charge in [-0.15, -0.1) is 0 Å². The van der Waals surface area contributed by atoms with Gasteiger partial charge in [0.1, 0.15) is 23.7 Å². The van der Waals surface area contributed by atoms with E-state index in [1.54, 1.807) is 25.1 Å². The number of phenolic OH excluding ortho intramolecular Hbond substituents is 1. The number of carboxylic acid groups (broad SMARTS) is 1. The highest BCUT2D eigenvalue weighted by atomic mass is 35.5. The average molecular weight is 448 g/mol. The average Bonchev–Trinajstić information content (AvgIpc) is 3.18. The predicted octanol–water partition coefficient (Wildman–Crippen LogP) is 5.17. The van der Waals surface area contributed by atoms with E-state index < -0.39 is 24.4 Å². The van der Waals surface area contributed by atoms with Crippen LogP contribution in [0, 0.1) is 12.8 Å². The third-order valence-electron chi connectivity index (χ3n) is 5.43. The fourth-order valence-electron chi connectivity index (χ4n) is 3.94. The van der Waals surface area contributed by atoms with Crippen LogP contribution in [0.3, 0.4) is 0 Å². The molecule has 2 aromatic carbocycles. The van der Waals surface area contributed by atoms with Crippen molar-refractivity contribution in [2.75, 3.05) is 5.32 Å². The quantitative estimate of drug-likeness (QED) is 0.414. The number of aromatic hydroxyl groups is 1. The van der Waals surface area contributed by atoms with E-state index in [1.165, 1.54) is 25.0 Å². The van der Waals surface area contributed by atoms with E-state index in [1.807, 2.05) is 0 Å². The fourth-order valence-corrected chi connectivity index (χ4v) is 4.25. The van der Waals surface area contributed by atoms with E-state index in [0.29, 0.717) is 40.7 Å². The summed E-state index contributed by atoms with van der Waals surface area (Å²) in [6.45, 7) is 1.74. The lowest BCUT2D eigenvalue weighted by Crippen LogP contribution is -2.16. The number of phenols is 1. The minimum absolute atomic E-state index is 0.0113. The largest absolute Gasteiger partial charge is 0.508 e. The smallest absolute Gasteiger partial charge is 0.312 e. The molecule has 7 nitrogen and oxygen atoms in total. The Morgan fingerprint density at radius 1 is 1.23 bits per heavy atom. The lowest BCUT2D eigenvalue weighted by molar-refractivity contribution is -0.139. The number of aliphatic hydroxyl groups is 1. The van der Waals surface area contributed by atoms with Crippen LogP contribution in [0.4, 0.5) is 5.69 Å². The SMILES string of the molecule is Cc1cc(NC(=O)CC(=O)O)cc(Cl)c1Oc1ccc(O)c(C(O)CC2CCCC2)c1. The van der Waals surface area contributed by atoms with Crippen LogP contribution in [0.25, 0.3) is 0 Å². The number of carbonyl (C=O) groups is 2. The molecule has 1 aliphatic rings. The van der Waals surface area contributed by atoms with E-state index in [-0.39, 0.29) is 10.8 Å². The molecule has 0 spiro atoms. The predicted molar refractivity (Wildman–Crippen MR) is 117 cm³/mol. The van der Waals surface area contributed by atoms with E-state index in [9.17, 15) is 19.8 Å². The Balaban J connectivity index is 1.75. The first-order valence-corrected chi connectivity index (χ1v) is 10.6. The summed E-state index contributed by atoms with van der Waals surface area (Å²) >= 11 is 6.33. The zero-order valence-electron chi connectivity index (χ0n) is 17.2. The van der Waals surface area contributed by atoms with Crippen molar-refractivity contribution >= 4 is 29.2 Å². The van der Waals surface area contributed by atoms with Crippen LogP contribution in [0.15, 0.2) is 30.3 Å². The summed E-state index contributed by atoms with van der Waals surface area (Å²) in [5.74, 6) is -0.642. The van der Waals surface area contributed by atoms with Gasteiger partial charge < -0.3 is 25.4 Å². The van der Waals surface area contributed by atoms with Crippen LogP contribution in [0.1, 0.15) is 55.8 Å². The summed E-state index contributed by atoms with van der Waals surface area (Å²) < 4.78 is 5.92. The van der Waals surface area contributed by atoms with E-state index in [0.717, 1.165) is 12.8 Å². The number of ether oxygens (including phenoxy) is 1. The molecule has 31 heavy (non-hydrogen) atoms. The van der Waals surface area contributed by atoms with Gasteiger partial charge in [-0.2, -0.15) is 0 Å². The van der Waals surface area contributed by atoms with Gasteiger partial charge in [0.25, 0.3) is 0 Å². The molecule has 1 fully saturated rings. The Labute approximate surface area is 185 Å². The third kappa shape index (κ3) is 6.12. The van der Waals surface area contributed by atoms with Crippen molar-refractivity contribution in [2.45, 2.75) is 51.6 Å². The number of aliphatic hydroxyl groups excluding tert-OH is 1. The van der Waals surface area contributed by atoms with Gasteiger partial charge in [-0.05, 0) is 55.2 Å². The summed E-state index contributed by atoms with van der Waals surface area (Å²) in [5, 5.41) is 32.2. The molecule has 0 radical (unpaired) electrons. The van der Waals surface area contributed by atoms with Gasteiger partial charge in [0, 0.05) is 11.3 Å². The molecule has 0 aromatic heterocycles. The molecular weight excluding hydrogens is 422 g/mol. The van der Waals surface area contributed by atoms with Crippen LogP contribution in [0.2, 0.25) is 5.02 Å². The van der Waals surface area contributed by atoms with E-state index in [2.05, 4.69) is 5.32 Å². The molecule has 1 atom stereocenters. The minimum Gasteiger partial charge on any atom is -0.508 e. The number of carbonyl (C=O) groups excluding carboxylic acids is 1. The van der Waals surface area contributed by atoms with Gasteiger partial charge in [0.15, 0.2) is 0 Å². The Morgan fingerprint density at radius 3 is 2.58 bits per heavy atom. The van der Waals surface area contributed by atoms with Crippen molar-refractivity contribution in [3.05, 3.63) is 46.5 Å². The first kappa shape index (κ1) is 22.9. The summed E-state index contributed by atoms with van der Waals surface area (Å²) in [4.78, 5) is 22.3. The molecular formula is C23H26ClNO6. The van der Waals surface area contributed by atoms with Crippen LogP contribution < -0.4 is 10.1 Å². The van der Waals surface area contributed by atoms with Crippen molar-refractivity contribution in [3.8, 4) is 17.2 Å². The molecule has 166 valence electrons. The number of aryl methyl sites for hydroxylation is 1. The number of hydrogen-bond acceptors (Lipinski definition) is 5. The highest BCUT2D eigenvalue weighted by Crippen LogP contribution is 2.40. The van der Waals surface area contributed by atoms with Gasteiger partial charge in [0.05, 0.1) is 11.1 Å². The zero-order valence-corrected chi connectivity index (χ0v) is 18.0. The van der Waals surface area contributed by atoms with Crippen LogP contribution in [-0.4, -0.2) is 27.2 Å². The normalized spacial score (nSPS) is 14.9. The molecule has 0 heterocycles. The number of aliphatic carboxylic acids is 1. The number of rotatable bonds is 8. The monoisotopic (exact) mass is 447 g/mol. The highest BCUT2D eigenvalue weighted by Gasteiger charge is 2.22. The lowest BCUT2D eigenvalue weighted by atomic mass is 9.95. The summed E-state index contributed by atoms with van der Waals surface area (Å²) in [6, 6.07) is 7.76. The summed E-state index contributed by atoms with van der Waals surface area (Å²) in [6.07, 6.45) is 3.72. The van der Waals surface area contributed by atoms with E-state index >= 15 is 0 Å². The Morgan fingerprint density at radius 2 is 1.94 bits per heavy atom. The third-order valence-corrected chi connectivity index (χ3v) is 5.71. The first-order chi connectivity index (χ1) is 14.7. The fraction of sp³-hybridized carbons (Fsp3) is 0.391. The van der Waals surface area contributed by atoms with Gasteiger partial charge in [-0.1, -0.05) is 37.3 Å². The van der Waals surface area contributed by atoms with E-state index in [4.69, 9.17) is 21.4 Å². The van der Waals surface area contributed by atoms with Crippen molar-refractivity contribution in [1.82, 2.24) is 0 Å².